The molecule has 0 aliphatic carbocycles. The van der Waals surface area contributed by atoms with Gasteiger partial charge >= 0.3 is 0 Å². The van der Waals surface area contributed by atoms with Crippen molar-refractivity contribution in [3.05, 3.63) is 0 Å². The van der Waals surface area contributed by atoms with E-state index in [1.54, 1.807) is 0 Å². The molecule has 0 rings (SSSR count). The summed E-state index contributed by atoms with van der Waals surface area (Å²) >= 11 is 0. The first-order valence-corrected chi connectivity index (χ1v) is 5.02. The van der Waals surface area contributed by atoms with Gasteiger partial charge in [0.1, 0.15) is 0 Å². The van der Waals surface area contributed by atoms with E-state index in [0.29, 0.717) is 6.61 Å². The zero-order valence-electron chi connectivity index (χ0n) is 8.22. The van der Waals surface area contributed by atoms with Crippen LogP contribution in [0.15, 0.2) is 0 Å². The van der Waals surface area contributed by atoms with Crippen molar-refractivity contribution in [1.29, 1.82) is 0 Å². The van der Waals surface area contributed by atoms with Gasteiger partial charge in [-0.25, -0.2) is 0 Å². The predicted octanol–water partition coefficient (Wildman–Crippen LogP) is 5.01. The van der Waals surface area contributed by atoms with Crippen molar-refractivity contribution in [3.8, 4) is 0 Å². The Labute approximate surface area is 109 Å². The Hall–Kier alpha value is 0.690. The van der Waals surface area contributed by atoms with Crippen molar-refractivity contribution in [2.75, 3.05) is 6.61 Å². The number of aliphatic hydroxyl groups is 1. The average Bonchev–Trinajstić information content (AvgIpc) is 2.03. The van der Waals surface area contributed by atoms with Crippen LogP contribution in [0.25, 0.3) is 0 Å². The minimum atomic E-state index is 0. The first-order valence-electron chi connectivity index (χ1n) is 5.02. The molecule has 0 unspecified atom stereocenters. The molecule has 0 spiro atoms. The predicted molar refractivity (Wildman–Crippen MR) is 78.6 cm³/mol. The summed E-state index contributed by atoms with van der Waals surface area (Å²) in [6.07, 6.45) is 10.4. The summed E-state index contributed by atoms with van der Waals surface area (Å²) in [5, 5.41) is 8.51. The van der Waals surface area contributed by atoms with Gasteiger partial charge in [0.2, 0.25) is 0 Å². The Morgan fingerprint density at radius 2 is 1.07 bits per heavy atom. The summed E-state index contributed by atoms with van der Waals surface area (Å²) in [4.78, 5) is 0. The smallest absolute Gasteiger partial charge is 0.0431 e. The number of aliphatic hydroxyl groups excluding tert-OH is 1. The van der Waals surface area contributed by atoms with Crippen molar-refractivity contribution in [2.45, 2.75) is 73.1 Å². The van der Waals surface area contributed by atoms with Gasteiger partial charge in [-0.2, -0.15) is 0 Å². The maximum absolute atomic E-state index is 8.51. The molecule has 0 heterocycles. The van der Waals surface area contributed by atoms with Crippen LogP contribution in [0, 0.1) is 0 Å². The van der Waals surface area contributed by atoms with E-state index in [0.717, 1.165) is 6.42 Å². The molecule has 0 radical (unpaired) electrons. The standard InChI is InChI=1S/C10H22O.2CH4.HI/c1-2-3-4-5-6-7-8-9-10-11;;;/h11H,2-10H2,1H3;2*1H4;1H. The molecule has 14 heavy (non-hydrogen) atoms. The van der Waals surface area contributed by atoms with E-state index in [9.17, 15) is 0 Å². The molecule has 1 N–H and O–H groups in total. The van der Waals surface area contributed by atoms with E-state index in [2.05, 4.69) is 6.92 Å². The van der Waals surface area contributed by atoms with Crippen LogP contribution in [-0.2, 0) is 0 Å². The van der Waals surface area contributed by atoms with Crippen LogP contribution >= 0.6 is 24.0 Å². The minimum absolute atomic E-state index is 0. The van der Waals surface area contributed by atoms with Crippen LogP contribution in [0.1, 0.15) is 73.1 Å². The lowest BCUT2D eigenvalue weighted by molar-refractivity contribution is 0.282. The normalized spacial score (nSPS) is 8.14. The lowest BCUT2D eigenvalue weighted by Crippen LogP contribution is -1.83. The van der Waals surface area contributed by atoms with Crippen LogP contribution in [0.2, 0.25) is 0 Å². The van der Waals surface area contributed by atoms with Crippen molar-refractivity contribution in [3.63, 3.8) is 0 Å². The van der Waals surface area contributed by atoms with Gasteiger partial charge in [0.25, 0.3) is 0 Å². The summed E-state index contributed by atoms with van der Waals surface area (Å²) < 4.78 is 0. The van der Waals surface area contributed by atoms with Crippen molar-refractivity contribution in [2.24, 2.45) is 0 Å². The second-order valence-corrected chi connectivity index (χ2v) is 3.20. The highest BCUT2D eigenvalue weighted by atomic mass is 127. The largest absolute Gasteiger partial charge is 0.396 e. The third-order valence-corrected chi connectivity index (χ3v) is 2.01. The molecular weight excluding hydrogens is 287 g/mol. The maximum Gasteiger partial charge on any atom is 0.0431 e. The molecule has 0 saturated carbocycles. The van der Waals surface area contributed by atoms with Crippen LogP contribution in [0.3, 0.4) is 0 Å². The van der Waals surface area contributed by atoms with E-state index in [4.69, 9.17) is 5.11 Å². The maximum atomic E-state index is 8.51. The molecule has 92 valence electrons. The molecule has 0 amide bonds. The number of hydrogen-bond acceptors (Lipinski definition) is 1. The molecule has 0 aromatic rings. The number of rotatable bonds is 8. The van der Waals surface area contributed by atoms with Gasteiger partial charge in [0, 0.05) is 6.61 Å². The van der Waals surface area contributed by atoms with Gasteiger partial charge in [-0.1, -0.05) is 66.7 Å². The summed E-state index contributed by atoms with van der Waals surface area (Å²) in [5.41, 5.74) is 0. The SMILES string of the molecule is C.C.CCCCCCCCCCO.I. The van der Waals surface area contributed by atoms with E-state index >= 15 is 0 Å². The number of hydrogen-bond donors (Lipinski definition) is 1. The lowest BCUT2D eigenvalue weighted by atomic mass is 10.1. The number of unbranched alkanes of at least 4 members (excludes halogenated alkanes) is 7. The average molecular weight is 318 g/mol. The van der Waals surface area contributed by atoms with E-state index in [-0.39, 0.29) is 38.8 Å². The third kappa shape index (κ3) is 23.0. The fourth-order valence-corrected chi connectivity index (χ4v) is 1.25. The van der Waals surface area contributed by atoms with Crippen LogP contribution in [-0.4, -0.2) is 11.7 Å². The summed E-state index contributed by atoms with van der Waals surface area (Å²) in [6.45, 7) is 2.61. The quantitative estimate of drug-likeness (QED) is 0.493. The Balaban J connectivity index is -0.000000167. The van der Waals surface area contributed by atoms with Gasteiger partial charge in [-0.3, -0.25) is 0 Å². The molecule has 0 bridgehead atoms. The van der Waals surface area contributed by atoms with Gasteiger partial charge in [0.05, 0.1) is 0 Å². The fraction of sp³-hybridized carbons (Fsp3) is 1.00. The molecule has 0 atom stereocenters. The Morgan fingerprint density at radius 3 is 1.43 bits per heavy atom. The van der Waals surface area contributed by atoms with Crippen LogP contribution in [0.5, 0.6) is 0 Å². The zero-order valence-corrected chi connectivity index (χ0v) is 10.5. The fourth-order valence-electron chi connectivity index (χ4n) is 1.25. The highest BCUT2D eigenvalue weighted by Gasteiger charge is 1.89. The molecule has 0 aliphatic heterocycles. The second kappa shape index (κ2) is 23.5. The third-order valence-electron chi connectivity index (χ3n) is 2.01. The van der Waals surface area contributed by atoms with Crippen LogP contribution in [0.4, 0.5) is 0 Å². The Kier molecular flexibility index (Phi) is 40.4. The van der Waals surface area contributed by atoms with E-state index in [1.165, 1.54) is 44.9 Å². The highest BCUT2D eigenvalue weighted by Crippen LogP contribution is 2.07. The summed E-state index contributed by atoms with van der Waals surface area (Å²) in [7, 11) is 0. The van der Waals surface area contributed by atoms with Gasteiger partial charge < -0.3 is 5.11 Å². The van der Waals surface area contributed by atoms with Gasteiger partial charge in [0.15, 0.2) is 0 Å². The Morgan fingerprint density at radius 1 is 0.714 bits per heavy atom. The minimum Gasteiger partial charge on any atom is -0.396 e. The topological polar surface area (TPSA) is 20.2 Å². The summed E-state index contributed by atoms with van der Waals surface area (Å²) in [5.74, 6) is 0. The summed E-state index contributed by atoms with van der Waals surface area (Å²) in [6, 6.07) is 0. The molecular formula is C12H31IO. The zero-order chi connectivity index (χ0) is 8.36. The molecule has 2 heteroatoms. The molecule has 0 saturated heterocycles. The van der Waals surface area contributed by atoms with Crippen molar-refractivity contribution in [1.82, 2.24) is 0 Å². The monoisotopic (exact) mass is 318 g/mol. The molecule has 0 aromatic heterocycles. The first-order chi connectivity index (χ1) is 5.41. The molecule has 0 aromatic carbocycles. The highest BCUT2D eigenvalue weighted by molar-refractivity contribution is 14.0. The first kappa shape index (κ1) is 24.1. The molecule has 0 fully saturated rings. The van der Waals surface area contributed by atoms with Gasteiger partial charge in [-0.05, 0) is 6.42 Å². The Bertz CT molecular complexity index is 59.3. The number of halogens is 1. The molecule has 0 aliphatic rings. The van der Waals surface area contributed by atoms with Crippen LogP contribution < -0.4 is 0 Å². The lowest BCUT2D eigenvalue weighted by Gasteiger charge is -1.98. The van der Waals surface area contributed by atoms with Crippen molar-refractivity contribution >= 4 is 24.0 Å². The van der Waals surface area contributed by atoms with Crippen molar-refractivity contribution < 1.29 is 5.11 Å². The van der Waals surface area contributed by atoms with E-state index < -0.39 is 0 Å². The molecule has 1 nitrogen and oxygen atoms in total. The van der Waals surface area contributed by atoms with Gasteiger partial charge in [-0.15, -0.1) is 24.0 Å². The second-order valence-electron chi connectivity index (χ2n) is 3.20. The van der Waals surface area contributed by atoms with E-state index in [1.807, 2.05) is 0 Å².